The molecule has 0 aliphatic heterocycles. The van der Waals surface area contributed by atoms with Crippen LogP contribution in [0.4, 0.5) is 20.2 Å². The Hall–Kier alpha value is -2.68. The third kappa shape index (κ3) is 5.69. The van der Waals surface area contributed by atoms with Gasteiger partial charge in [-0.25, -0.2) is 35.9 Å². The van der Waals surface area contributed by atoms with Crippen LogP contribution in [-0.4, -0.2) is 21.8 Å². The molecule has 2 aromatic rings. The fourth-order valence-electron chi connectivity index (χ4n) is 1.56. The maximum atomic E-state index is 12.8. The van der Waals surface area contributed by atoms with E-state index in [-0.39, 0.29) is 5.69 Å². The zero-order chi connectivity index (χ0) is 20.3. The highest BCUT2D eigenvalue weighted by Gasteiger charge is 2.18. The van der Waals surface area contributed by atoms with Crippen molar-refractivity contribution in [2.75, 3.05) is 5.73 Å². The number of hydrogen-bond donors (Lipinski definition) is 3. The molecular weight excluding hydrogens is 398 g/mol. The topological polar surface area (TPSA) is 189 Å². The molecule has 0 fully saturated rings. The van der Waals surface area contributed by atoms with Gasteiger partial charge >= 0.3 is 0 Å². The Morgan fingerprint density at radius 3 is 1.65 bits per heavy atom. The van der Waals surface area contributed by atoms with Crippen LogP contribution in [0.3, 0.4) is 0 Å². The molecule has 10 nitrogen and oxygen atoms in total. The van der Waals surface area contributed by atoms with Crippen LogP contribution in [0.15, 0.2) is 46.2 Å². The number of hydrogen-bond acceptors (Lipinski definition) is 7. The van der Waals surface area contributed by atoms with E-state index in [1.54, 1.807) is 0 Å². The minimum atomic E-state index is -4.27. The van der Waals surface area contributed by atoms with E-state index in [1.165, 1.54) is 6.07 Å². The normalized spacial score (nSPS) is 11.4. The van der Waals surface area contributed by atoms with Crippen molar-refractivity contribution in [2.24, 2.45) is 10.3 Å². The van der Waals surface area contributed by atoms with Crippen molar-refractivity contribution in [1.29, 1.82) is 0 Å². The van der Waals surface area contributed by atoms with Crippen LogP contribution < -0.4 is 16.0 Å². The molecule has 0 radical (unpaired) electrons. The zero-order valence-electron chi connectivity index (χ0n) is 12.7. The first-order valence-electron chi connectivity index (χ1n) is 6.28. The van der Waals surface area contributed by atoms with Gasteiger partial charge in [-0.2, -0.15) is 0 Å². The van der Waals surface area contributed by atoms with Gasteiger partial charge in [-0.05, 0) is 24.3 Å². The molecule has 0 amide bonds. The maximum Gasteiger partial charge on any atom is 0.270 e. The van der Waals surface area contributed by atoms with E-state index in [2.05, 4.69) is 5.14 Å². The Balaban J connectivity index is 0.000000263. The predicted molar refractivity (Wildman–Crippen MR) is 86.6 cm³/mol. The number of halogens is 2. The van der Waals surface area contributed by atoms with Gasteiger partial charge in [0.1, 0.15) is 21.4 Å². The molecule has 0 aromatic heterocycles. The summed E-state index contributed by atoms with van der Waals surface area (Å²) in [5.74, 6) is -2.01. The van der Waals surface area contributed by atoms with Crippen molar-refractivity contribution < 1.29 is 30.5 Å². The number of anilines is 1. The Labute approximate surface area is 146 Å². The number of nitrogens with two attached hydrogens (primary N) is 3. The molecule has 142 valence electrons. The molecule has 0 bridgehead atoms. The standard InChI is InChI=1S/C6H5FN2O4S.C6H7FN2O2S/c7-5-2-1-4(9(10)11)3-6(5)14(8,12)13;7-5-2-1-4(8)3-6(5)12(9,10)11/h1-3H,(H2,8,12,13);1-3H,8H2,(H2,9,10,11). The van der Waals surface area contributed by atoms with Gasteiger partial charge < -0.3 is 5.73 Å². The molecule has 2 aromatic carbocycles. The molecule has 14 heteroatoms. The molecule has 6 N–H and O–H groups in total. The van der Waals surface area contributed by atoms with Gasteiger partial charge in [0, 0.05) is 17.8 Å². The summed E-state index contributed by atoms with van der Waals surface area (Å²) < 4.78 is 68.5. The molecule has 2 rings (SSSR count). The minimum absolute atomic E-state index is 0.153. The second kappa shape index (κ2) is 7.69. The Bertz CT molecular complexity index is 1060. The van der Waals surface area contributed by atoms with E-state index in [9.17, 15) is 35.7 Å². The van der Waals surface area contributed by atoms with Gasteiger partial charge in [-0.1, -0.05) is 0 Å². The fraction of sp³-hybridized carbons (Fsp3) is 0. The highest BCUT2D eigenvalue weighted by molar-refractivity contribution is 7.89. The predicted octanol–water partition coefficient (Wildman–Crippen LogP) is 0.437. The summed E-state index contributed by atoms with van der Waals surface area (Å²) in [5, 5.41) is 19.6. The van der Waals surface area contributed by atoms with Gasteiger partial charge in [0.25, 0.3) is 5.69 Å². The number of nitro groups is 1. The highest BCUT2D eigenvalue weighted by atomic mass is 32.2. The highest BCUT2D eigenvalue weighted by Crippen LogP contribution is 2.19. The molecular formula is C12H12F2N4O6S2. The van der Waals surface area contributed by atoms with Crippen molar-refractivity contribution in [3.05, 3.63) is 58.1 Å². The zero-order valence-corrected chi connectivity index (χ0v) is 14.3. The summed E-state index contributed by atoms with van der Waals surface area (Å²) in [6.45, 7) is 0. The molecule has 0 atom stereocenters. The van der Waals surface area contributed by atoms with Crippen molar-refractivity contribution in [3.63, 3.8) is 0 Å². The number of sulfonamides is 2. The molecule has 0 heterocycles. The lowest BCUT2D eigenvalue weighted by Gasteiger charge is -2.00. The summed E-state index contributed by atoms with van der Waals surface area (Å²) in [4.78, 5) is 7.94. The van der Waals surface area contributed by atoms with Crippen molar-refractivity contribution in [2.45, 2.75) is 9.79 Å². The summed E-state index contributed by atoms with van der Waals surface area (Å²) in [7, 11) is -8.28. The summed E-state index contributed by atoms with van der Waals surface area (Å²) >= 11 is 0. The molecule has 26 heavy (non-hydrogen) atoms. The van der Waals surface area contributed by atoms with Gasteiger partial charge in [0.15, 0.2) is 0 Å². The van der Waals surface area contributed by atoms with Crippen molar-refractivity contribution >= 4 is 31.4 Å². The summed E-state index contributed by atoms with van der Waals surface area (Å²) in [6, 6.07) is 5.29. The molecule has 0 spiro atoms. The molecule has 0 aliphatic carbocycles. The first kappa shape index (κ1) is 21.4. The van der Waals surface area contributed by atoms with Gasteiger partial charge in [-0.3, -0.25) is 10.1 Å². The van der Waals surface area contributed by atoms with E-state index in [0.29, 0.717) is 12.1 Å². The van der Waals surface area contributed by atoms with E-state index in [4.69, 9.17) is 10.9 Å². The third-order valence-corrected chi connectivity index (χ3v) is 4.55. The number of non-ortho nitro benzene ring substituents is 1. The average Bonchev–Trinajstić information content (AvgIpc) is 2.48. The molecule has 0 unspecified atom stereocenters. The Morgan fingerprint density at radius 2 is 1.27 bits per heavy atom. The lowest BCUT2D eigenvalue weighted by Crippen LogP contribution is -2.14. The Kier molecular flexibility index (Phi) is 6.32. The molecule has 0 saturated carbocycles. The van der Waals surface area contributed by atoms with Gasteiger partial charge in [0.05, 0.1) is 4.92 Å². The van der Waals surface area contributed by atoms with Crippen LogP contribution in [-0.2, 0) is 20.0 Å². The third-order valence-electron chi connectivity index (χ3n) is 2.69. The second-order valence-corrected chi connectivity index (χ2v) is 7.71. The Morgan fingerprint density at radius 1 is 0.846 bits per heavy atom. The smallest absolute Gasteiger partial charge is 0.270 e. The number of nitro benzene ring substituents is 1. The molecule has 0 saturated heterocycles. The van der Waals surface area contributed by atoms with Crippen LogP contribution in [0.5, 0.6) is 0 Å². The first-order chi connectivity index (χ1) is 11.7. The quantitative estimate of drug-likeness (QED) is 0.371. The summed E-state index contributed by atoms with van der Waals surface area (Å²) in [5.41, 5.74) is 4.86. The monoisotopic (exact) mass is 410 g/mol. The lowest BCUT2D eigenvalue weighted by atomic mass is 10.3. The van der Waals surface area contributed by atoms with Crippen LogP contribution in [0.25, 0.3) is 0 Å². The summed E-state index contributed by atoms with van der Waals surface area (Å²) in [6.07, 6.45) is 0. The van der Waals surface area contributed by atoms with Crippen LogP contribution in [0.2, 0.25) is 0 Å². The molecule has 0 aliphatic rings. The van der Waals surface area contributed by atoms with Gasteiger partial charge in [0.2, 0.25) is 20.0 Å². The van der Waals surface area contributed by atoms with E-state index in [0.717, 1.165) is 18.2 Å². The van der Waals surface area contributed by atoms with Crippen LogP contribution >= 0.6 is 0 Å². The van der Waals surface area contributed by atoms with E-state index >= 15 is 0 Å². The van der Waals surface area contributed by atoms with Crippen molar-refractivity contribution in [3.8, 4) is 0 Å². The van der Waals surface area contributed by atoms with E-state index < -0.39 is 52.1 Å². The first-order valence-corrected chi connectivity index (χ1v) is 9.37. The minimum Gasteiger partial charge on any atom is -0.399 e. The average molecular weight is 410 g/mol. The largest absolute Gasteiger partial charge is 0.399 e. The van der Waals surface area contributed by atoms with Gasteiger partial charge in [-0.15, -0.1) is 0 Å². The van der Waals surface area contributed by atoms with Crippen LogP contribution in [0.1, 0.15) is 0 Å². The maximum absolute atomic E-state index is 12.8. The number of benzene rings is 2. The van der Waals surface area contributed by atoms with Crippen LogP contribution in [0, 0.1) is 21.7 Å². The number of nitrogens with zero attached hydrogens (tertiary/aromatic N) is 1. The number of nitrogen functional groups attached to an aromatic ring is 1. The SMILES string of the molecule is NS(=O)(=O)c1cc([N+](=O)[O-])ccc1F.Nc1ccc(F)c(S(N)(=O)=O)c1. The number of rotatable bonds is 3. The van der Waals surface area contributed by atoms with Crippen molar-refractivity contribution in [1.82, 2.24) is 0 Å². The second-order valence-electron chi connectivity index (χ2n) is 4.65. The fourth-order valence-corrected chi connectivity index (χ4v) is 2.83. The number of primary sulfonamides is 2. The lowest BCUT2D eigenvalue weighted by molar-refractivity contribution is -0.385. The van der Waals surface area contributed by atoms with E-state index in [1.807, 2.05) is 0 Å².